The van der Waals surface area contributed by atoms with E-state index in [-0.39, 0.29) is 6.42 Å². The molecule has 3 aromatic rings. The highest BCUT2D eigenvalue weighted by Gasteiger charge is 2.19. The fourth-order valence-corrected chi connectivity index (χ4v) is 3.14. The maximum absolute atomic E-state index is 12.1. The number of aromatic nitrogens is 2. The second-order valence-electron chi connectivity index (χ2n) is 6.00. The number of nitrogens with one attached hydrogen (secondary N) is 2. The van der Waals surface area contributed by atoms with E-state index in [0.29, 0.717) is 11.3 Å². The van der Waals surface area contributed by atoms with Crippen LogP contribution >= 0.6 is 11.3 Å². The van der Waals surface area contributed by atoms with E-state index in [1.165, 1.54) is 18.3 Å². The molecule has 2 aromatic heterocycles. The first-order chi connectivity index (χ1) is 14.0. The van der Waals surface area contributed by atoms with Gasteiger partial charge in [-0.2, -0.15) is 0 Å². The number of benzene rings is 1. The minimum Gasteiger partial charge on any atom is -0.452 e. The van der Waals surface area contributed by atoms with Crippen LogP contribution < -0.4 is 10.9 Å². The number of ether oxygens (including phenoxy) is 1. The molecule has 148 valence electrons. The Bertz CT molecular complexity index is 992. The predicted octanol–water partition coefficient (Wildman–Crippen LogP) is 2.14. The summed E-state index contributed by atoms with van der Waals surface area (Å²) in [4.78, 5) is 44.5. The number of hydrogen-bond donors (Lipinski definition) is 2. The summed E-state index contributed by atoms with van der Waals surface area (Å²) in [6.45, 7) is 1.42. The number of amides is 2. The maximum atomic E-state index is 12.1. The Hall–Kier alpha value is -3.59. The van der Waals surface area contributed by atoms with Crippen LogP contribution in [0, 0.1) is 0 Å². The van der Waals surface area contributed by atoms with Crippen LogP contribution in [0.4, 0.5) is 0 Å². The minimum absolute atomic E-state index is 0.0647. The van der Waals surface area contributed by atoms with Gasteiger partial charge in [-0.15, -0.1) is 11.3 Å². The minimum atomic E-state index is -1.07. The molecule has 0 aliphatic rings. The van der Waals surface area contributed by atoms with Crippen molar-refractivity contribution in [1.82, 2.24) is 20.8 Å². The lowest BCUT2D eigenvalue weighted by Gasteiger charge is -2.13. The summed E-state index contributed by atoms with van der Waals surface area (Å²) in [5, 5.41) is 2.50. The molecule has 1 aromatic carbocycles. The van der Waals surface area contributed by atoms with Gasteiger partial charge < -0.3 is 4.74 Å². The molecule has 2 heterocycles. The Morgan fingerprint density at radius 3 is 2.62 bits per heavy atom. The molecule has 0 saturated carbocycles. The molecule has 0 aliphatic carbocycles. The smallest absolute Gasteiger partial charge is 0.312 e. The van der Waals surface area contributed by atoms with Crippen LogP contribution in [0.25, 0.3) is 10.6 Å². The quantitative estimate of drug-likeness (QED) is 0.476. The van der Waals surface area contributed by atoms with Gasteiger partial charge in [-0.05, 0) is 31.2 Å². The van der Waals surface area contributed by atoms with E-state index < -0.39 is 23.9 Å². The zero-order valence-electron chi connectivity index (χ0n) is 15.5. The molecule has 9 heteroatoms. The zero-order valence-corrected chi connectivity index (χ0v) is 16.3. The Balaban J connectivity index is 1.47. The standard InChI is InChI=1S/C20H18N4O4S/c1-13(18(26)23-24-19(27)14-6-3-2-4-7-14)28-17(25)10-16-12-29-20(22-16)15-8-5-9-21-11-15/h2-9,11-13H,10H2,1H3,(H,23,26)(H,24,27)/t13-/m0/s1. The molecule has 0 spiro atoms. The summed E-state index contributed by atoms with van der Waals surface area (Å²) in [5.74, 6) is -1.70. The lowest BCUT2D eigenvalue weighted by molar-refractivity contribution is -0.154. The third-order valence-corrected chi connectivity index (χ3v) is 4.74. The lowest BCUT2D eigenvalue weighted by Crippen LogP contribution is -2.46. The van der Waals surface area contributed by atoms with Crippen molar-refractivity contribution >= 4 is 29.1 Å². The van der Waals surface area contributed by atoms with Crippen molar-refractivity contribution in [2.24, 2.45) is 0 Å². The molecule has 29 heavy (non-hydrogen) atoms. The average molecular weight is 410 g/mol. The first-order valence-electron chi connectivity index (χ1n) is 8.72. The number of thiazole rings is 1. The maximum Gasteiger partial charge on any atom is 0.312 e. The molecule has 0 unspecified atom stereocenters. The topological polar surface area (TPSA) is 110 Å². The van der Waals surface area contributed by atoms with Crippen molar-refractivity contribution in [3.05, 3.63) is 71.5 Å². The van der Waals surface area contributed by atoms with Crippen molar-refractivity contribution in [1.29, 1.82) is 0 Å². The molecule has 3 rings (SSSR count). The summed E-state index contributed by atoms with van der Waals surface area (Å²) >= 11 is 1.39. The van der Waals surface area contributed by atoms with Crippen LogP contribution in [0.3, 0.4) is 0 Å². The Morgan fingerprint density at radius 1 is 1.10 bits per heavy atom. The first kappa shape index (κ1) is 20.2. The zero-order chi connectivity index (χ0) is 20.6. The molecular weight excluding hydrogens is 392 g/mol. The number of carbonyl (C=O) groups is 3. The van der Waals surface area contributed by atoms with Crippen molar-refractivity contribution in [3.8, 4) is 10.6 Å². The van der Waals surface area contributed by atoms with Crippen LogP contribution in [-0.2, 0) is 20.7 Å². The summed E-state index contributed by atoms with van der Waals surface area (Å²) < 4.78 is 5.12. The molecule has 0 radical (unpaired) electrons. The van der Waals surface area contributed by atoms with Gasteiger partial charge in [0.15, 0.2) is 6.10 Å². The number of pyridine rings is 1. The van der Waals surface area contributed by atoms with E-state index in [4.69, 9.17) is 4.74 Å². The Labute approximate surface area is 170 Å². The van der Waals surface area contributed by atoms with E-state index in [0.717, 1.165) is 10.6 Å². The van der Waals surface area contributed by atoms with Crippen molar-refractivity contribution in [2.45, 2.75) is 19.4 Å². The molecule has 0 saturated heterocycles. The van der Waals surface area contributed by atoms with Gasteiger partial charge in [0.05, 0.1) is 12.1 Å². The molecule has 2 N–H and O–H groups in total. The normalized spacial score (nSPS) is 11.3. The highest BCUT2D eigenvalue weighted by atomic mass is 32.1. The SMILES string of the molecule is C[C@H](OC(=O)Cc1csc(-c2cccnc2)n1)C(=O)NNC(=O)c1ccccc1. The van der Waals surface area contributed by atoms with Gasteiger partial charge in [-0.1, -0.05) is 18.2 Å². The van der Waals surface area contributed by atoms with Crippen LogP contribution in [0.2, 0.25) is 0 Å². The van der Waals surface area contributed by atoms with E-state index in [2.05, 4.69) is 20.8 Å². The summed E-state index contributed by atoms with van der Waals surface area (Å²) in [6, 6.07) is 12.1. The number of rotatable bonds is 6. The summed E-state index contributed by atoms with van der Waals surface area (Å²) in [6.07, 6.45) is 2.22. The van der Waals surface area contributed by atoms with Gasteiger partial charge in [0.2, 0.25) is 0 Å². The van der Waals surface area contributed by atoms with E-state index >= 15 is 0 Å². The van der Waals surface area contributed by atoms with E-state index in [1.807, 2.05) is 12.1 Å². The number of hydrogen-bond acceptors (Lipinski definition) is 7. The Kier molecular flexibility index (Phi) is 6.64. The van der Waals surface area contributed by atoms with Gasteiger partial charge in [-0.25, -0.2) is 4.98 Å². The largest absolute Gasteiger partial charge is 0.452 e. The van der Waals surface area contributed by atoms with Crippen LogP contribution in [-0.4, -0.2) is 33.9 Å². The Morgan fingerprint density at radius 2 is 1.90 bits per heavy atom. The van der Waals surface area contributed by atoms with Crippen molar-refractivity contribution < 1.29 is 19.1 Å². The van der Waals surface area contributed by atoms with Gasteiger partial charge in [0, 0.05) is 28.9 Å². The molecule has 8 nitrogen and oxygen atoms in total. The second kappa shape index (κ2) is 9.56. The molecular formula is C20H18N4O4S. The molecule has 2 amide bonds. The highest BCUT2D eigenvalue weighted by molar-refractivity contribution is 7.13. The third kappa shape index (κ3) is 5.69. The van der Waals surface area contributed by atoms with Crippen LogP contribution in [0.5, 0.6) is 0 Å². The van der Waals surface area contributed by atoms with E-state index in [1.54, 1.807) is 48.1 Å². The highest BCUT2D eigenvalue weighted by Crippen LogP contribution is 2.22. The first-order valence-corrected chi connectivity index (χ1v) is 9.60. The third-order valence-electron chi connectivity index (χ3n) is 3.80. The van der Waals surface area contributed by atoms with Crippen LogP contribution in [0.15, 0.2) is 60.2 Å². The molecule has 1 atom stereocenters. The fraction of sp³-hybridized carbons (Fsp3) is 0.150. The van der Waals surface area contributed by atoms with Gasteiger partial charge >= 0.3 is 5.97 Å². The number of esters is 1. The predicted molar refractivity (Wildman–Crippen MR) is 107 cm³/mol. The van der Waals surface area contributed by atoms with Gasteiger partial charge in [0.1, 0.15) is 5.01 Å². The summed E-state index contributed by atoms with van der Waals surface area (Å²) in [5.41, 5.74) is 6.32. The monoisotopic (exact) mass is 410 g/mol. The second-order valence-corrected chi connectivity index (χ2v) is 6.86. The molecule has 0 aliphatic heterocycles. The molecule has 0 bridgehead atoms. The van der Waals surface area contributed by atoms with E-state index in [9.17, 15) is 14.4 Å². The number of carbonyl (C=O) groups excluding carboxylic acids is 3. The number of hydrazine groups is 1. The number of nitrogens with zero attached hydrogens (tertiary/aromatic N) is 2. The summed E-state index contributed by atoms with van der Waals surface area (Å²) in [7, 11) is 0. The van der Waals surface area contributed by atoms with Crippen molar-refractivity contribution in [3.63, 3.8) is 0 Å². The van der Waals surface area contributed by atoms with Crippen molar-refractivity contribution in [2.75, 3.05) is 0 Å². The van der Waals surface area contributed by atoms with Crippen LogP contribution in [0.1, 0.15) is 23.0 Å². The molecule has 0 fully saturated rings. The van der Waals surface area contributed by atoms with Gasteiger partial charge in [0.25, 0.3) is 11.8 Å². The lowest BCUT2D eigenvalue weighted by atomic mass is 10.2. The van der Waals surface area contributed by atoms with Gasteiger partial charge in [-0.3, -0.25) is 30.2 Å². The average Bonchev–Trinajstić information content (AvgIpc) is 3.21. The fourth-order valence-electron chi connectivity index (χ4n) is 2.33.